The Bertz CT molecular complexity index is 572. The molecule has 1 unspecified atom stereocenters. The molecule has 0 amide bonds. The molecule has 1 aromatic rings. The van der Waals surface area contributed by atoms with Gasteiger partial charge in [-0.25, -0.2) is 0 Å². The molecule has 1 aliphatic heterocycles. The Morgan fingerprint density at radius 1 is 1.28 bits per heavy atom. The first kappa shape index (κ1) is 23.6. The number of benzene rings is 1. The van der Waals surface area contributed by atoms with Crippen molar-refractivity contribution in [1.82, 2.24) is 20.4 Å². The zero-order chi connectivity index (χ0) is 20.9. The third-order valence-corrected chi connectivity index (χ3v) is 5.73. The Hall–Kier alpha value is -1.63. The number of nitrogens with one attached hydrogen (secondary N) is 2. The van der Waals surface area contributed by atoms with Gasteiger partial charge in [0.2, 0.25) is 0 Å². The van der Waals surface area contributed by atoms with Crippen LogP contribution < -0.4 is 10.6 Å². The van der Waals surface area contributed by atoms with E-state index in [2.05, 4.69) is 71.7 Å². The van der Waals surface area contributed by atoms with Crippen molar-refractivity contribution in [2.75, 3.05) is 53.5 Å². The minimum absolute atomic E-state index is 0.492. The van der Waals surface area contributed by atoms with E-state index in [1.807, 2.05) is 0 Å². The average molecular weight is 404 g/mol. The summed E-state index contributed by atoms with van der Waals surface area (Å²) >= 11 is 0. The van der Waals surface area contributed by atoms with Crippen molar-refractivity contribution in [1.29, 1.82) is 0 Å². The molecular formula is C23H41N5O. The molecule has 1 atom stereocenters. The van der Waals surface area contributed by atoms with E-state index in [-0.39, 0.29) is 0 Å². The number of likely N-dealkylation sites (tertiary alicyclic amines) is 1. The van der Waals surface area contributed by atoms with Crippen LogP contribution >= 0.6 is 0 Å². The molecule has 1 aliphatic rings. The molecule has 2 rings (SSSR count). The molecule has 1 saturated heterocycles. The lowest BCUT2D eigenvalue weighted by Gasteiger charge is -2.33. The van der Waals surface area contributed by atoms with Crippen molar-refractivity contribution < 1.29 is 4.74 Å². The molecule has 1 heterocycles. The summed E-state index contributed by atoms with van der Waals surface area (Å²) in [6.45, 7) is 11.2. The number of ether oxygens (including phenoxy) is 1. The second kappa shape index (κ2) is 13.6. The maximum atomic E-state index is 5.19. The first-order valence-corrected chi connectivity index (χ1v) is 11.1. The summed E-state index contributed by atoms with van der Waals surface area (Å²) in [5, 5.41) is 7.05. The van der Waals surface area contributed by atoms with Gasteiger partial charge in [-0.2, -0.15) is 0 Å². The Morgan fingerprint density at radius 2 is 2.00 bits per heavy atom. The van der Waals surface area contributed by atoms with Gasteiger partial charge < -0.3 is 20.3 Å². The molecule has 1 aromatic carbocycles. The SMILES string of the molecule is CCNC(=NCCC(C)N(C)Cc1ccccc1)NC1CCN(CCOC)CC1. The smallest absolute Gasteiger partial charge is 0.191 e. The van der Waals surface area contributed by atoms with E-state index < -0.39 is 0 Å². The van der Waals surface area contributed by atoms with Crippen LogP contribution in [0.15, 0.2) is 35.3 Å². The van der Waals surface area contributed by atoms with E-state index in [1.165, 1.54) is 5.56 Å². The number of hydrogen-bond donors (Lipinski definition) is 2. The van der Waals surface area contributed by atoms with Crippen LogP contribution in [-0.2, 0) is 11.3 Å². The Morgan fingerprint density at radius 3 is 2.66 bits per heavy atom. The standard InChI is InChI=1S/C23H41N5O/c1-5-24-23(26-22-12-15-28(16-13-22)17-18-29-4)25-14-11-20(2)27(3)19-21-9-7-6-8-10-21/h6-10,20,22H,5,11-19H2,1-4H3,(H2,24,25,26). The van der Waals surface area contributed by atoms with Gasteiger partial charge in [0.05, 0.1) is 6.61 Å². The fraction of sp³-hybridized carbons (Fsp3) is 0.696. The van der Waals surface area contributed by atoms with Crippen molar-refractivity contribution in [2.24, 2.45) is 4.99 Å². The third-order valence-electron chi connectivity index (χ3n) is 5.73. The molecule has 164 valence electrons. The van der Waals surface area contributed by atoms with Gasteiger partial charge in [-0.3, -0.25) is 9.89 Å². The second-order valence-corrected chi connectivity index (χ2v) is 8.05. The molecule has 0 aromatic heterocycles. The topological polar surface area (TPSA) is 52.1 Å². The molecular weight excluding hydrogens is 362 g/mol. The maximum Gasteiger partial charge on any atom is 0.191 e. The molecule has 0 saturated carbocycles. The Balaban J connectivity index is 1.74. The van der Waals surface area contributed by atoms with E-state index in [1.54, 1.807) is 7.11 Å². The van der Waals surface area contributed by atoms with Crippen LogP contribution in [0.4, 0.5) is 0 Å². The fourth-order valence-corrected chi connectivity index (χ4v) is 3.65. The van der Waals surface area contributed by atoms with Crippen LogP contribution in [0, 0.1) is 0 Å². The molecule has 1 fully saturated rings. The largest absolute Gasteiger partial charge is 0.383 e. The number of aliphatic imine (C=N–C) groups is 1. The van der Waals surface area contributed by atoms with Gasteiger partial charge in [-0.05, 0) is 45.7 Å². The zero-order valence-corrected chi connectivity index (χ0v) is 18.9. The summed E-state index contributed by atoms with van der Waals surface area (Å²) in [6.07, 6.45) is 3.37. The van der Waals surface area contributed by atoms with Gasteiger partial charge in [0.1, 0.15) is 0 Å². The monoisotopic (exact) mass is 403 g/mol. The van der Waals surface area contributed by atoms with Crippen LogP contribution in [-0.4, -0.2) is 81.3 Å². The summed E-state index contributed by atoms with van der Waals surface area (Å²) in [4.78, 5) is 9.73. The third kappa shape index (κ3) is 9.15. The van der Waals surface area contributed by atoms with Gasteiger partial charge in [-0.1, -0.05) is 30.3 Å². The lowest BCUT2D eigenvalue weighted by molar-refractivity contribution is 0.128. The van der Waals surface area contributed by atoms with Crippen molar-refractivity contribution in [2.45, 2.75) is 51.7 Å². The minimum Gasteiger partial charge on any atom is -0.383 e. The van der Waals surface area contributed by atoms with E-state index in [4.69, 9.17) is 9.73 Å². The number of piperidine rings is 1. The average Bonchev–Trinajstić information content (AvgIpc) is 2.74. The fourth-order valence-electron chi connectivity index (χ4n) is 3.65. The van der Waals surface area contributed by atoms with Crippen LogP contribution in [0.25, 0.3) is 0 Å². The number of rotatable bonds is 11. The number of hydrogen-bond acceptors (Lipinski definition) is 4. The van der Waals surface area contributed by atoms with E-state index in [0.29, 0.717) is 12.1 Å². The van der Waals surface area contributed by atoms with Crippen LogP contribution in [0.2, 0.25) is 0 Å². The molecule has 29 heavy (non-hydrogen) atoms. The van der Waals surface area contributed by atoms with Crippen LogP contribution in [0.1, 0.15) is 38.7 Å². The predicted octanol–water partition coefficient (Wildman–Crippen LogP) is 2.56. The highest BCUT2D eigenvalue weighted by Gasteiger charge is 2.19. The maximum absolute atomic E-state index is 5.19. The van der Waals surface area contributed by atoms with E-state index in [0.717, 1.165) is 71.1 Å². The van der Waals surface area contributed by atoms with Crippen molar-refractivity contribution in [3.63, 3.8) is 0 Å². The zero-order valence-electron chi connectivity index (χ0n) is 18.9. The van der Waals surface area contributed by atoms with Gasteiger partial charge in [0.15, 0.2) is 5.96 Å². The van der Waals surface area contributed by atoms with Crippen molar-refractivity contribution >= 4 is 5.96 Å². The Kier molecular flexibility index (Phi) is 11.1. The van der Waals surface area contributed by atoms with Crippen LogP contribution in [0.3, 0.4) is 0 Å². The van der Waals surface area contributed by atoms with Crippen LogP contribution in [0.5, 0.6) is 0 Å². The second-order valence-electron chi connectivity index (χ2n) is 8.05. The van der Waals surface area contributed by atoms with E-state index in [9.17, 15) is 0 Å². The highest BCUT2D eigenvalue weighted by Crippen LogP contribution is 2.11. The quantitative estimate of drug-likeness (QED) is 0.439. The highest BCUT2D eigenvalue weighted by molar-refractivity contribution is 5.80. The van der Waals surface area contributed by atoms with Gasteiger partial charge in [0.25, 0.3) is 0 Å². The van der Waals surface area contributed by atoms with Crippen molar-refractivity contribution in [3.8, 4) is 0 Å². The van der Waals surface area contributed by atoms with Gasteiger partial charge >= 0.3 is 0 Å². The normalized spacial score (nSPS) is 17.5. The number of nitrogens with zero attached hydrogens (tertiary/aromatic N) is 3. The lowest BCUT2D eigenvalue weighted by Crippen LogP contribution is -2.49. The summed E-state index contributed by atoms with van der Waals surface area (Å²) in [5.74, 6) is 0.959. The molecule has 6 heteroatoms. The highest BCUT2D eigenvalue weighted by atomic mass is 16.5. The summed E-state index contributed by atoms with van der Waals surface area (Å²) in [5.41, 5.74) is 1.36. The number of methoxy groups -OCH3 is 1. The molecule has 0 bridgehead atoms. The molecule has 2 N–H and O–H groups in total. The number of guanidine groups is 1. The lowest BCUT2D eigenvalue weighted by atomic mass is 10.1. The summed E-state index contributed by atoms with van der Waals surface area (Å²) in [6, 6.07) is 11.7. The predicted molar refractivity (Wildman–Crippen MR) is 122 cm³/mol. The first-order valence-electron chi connectivity index (χ1n) is 11.1. The first-order chi connectivity index (χ1) is 14.1. The molecule has 0 radical (unpaired) electrons. The van der Waals surface area contributed by atoms with Gasteiger partial charge in [0, 0.05) is 58.5 Å². The molecule has 0 aliphatic carbocycles. The Labute approximate surface area is 177 Å². The van der Waals surface area contributed by atoms with Gasteiger partial charge in [-0.15, -0.1) is 0 Å². The van der Waals surface area contributed by atoms with Crippen molar-refractivity contribution in [3.05, 3.63) is 35.9 Å². The summed E-state index contributed by atoms with van der Waals surface area (Å²) < 4.78 is 5.19. The minimum atomic E-state index is 0.492. The summed E-state index contributed by atoms with van der Waals surface area (Å²) in [7, 11) is 3.97. The molecule has 0 spiro atoms. The van der Waals surface area contributed by atoms with E-state index >= 15 is 0 Å². The molecule has 6 nitrogen and oxygen atoms in total.